The van der Waals surface area contributed by atoms with Crippen LogP contribution in [0.4, 0.5) is 11.6 Å². The van der Waals surface area contributed by atoms with Crippen LogP contribution in [0.25, 0.3) is 22.2 Å². The molecule has 0 spiro atoms. The smallest absolute Gasteiger partial charge is 0.182 e. The van der Waals surface area contributed by atoms with E-state index in [1.807, 2.05) is 18.5 Å². The fourth-order valence-corrected chi connectivity index (χ4v) is 3.63. The minimum absolute atomic E-state index is 0.735. The van der Waals surface area contributed by atoms with E-state index >= 15 is 0 Å². The summed E-state index contributed by atoms with van der Waals surface area (Å²) in [5, 5.41) is 0. The SMILES string of the molecule is Cc1cc2ncnc(N3CCN(c4ncnc5ncn(C)c45)CC3)c2[nH]1. The third-order valence-corrected chi connectivity index (χ3v) is 4.90. The van der Waals surface area contributed by atoms with Crippen LogP contribution in [0.1, 0.15) is 5.69 Å². The Labute approximate surface area is 149 Å². The molecule has 0 radical (unpaired) electrons. The highest BCUT2D eigenvalue weighted by atomic mass is 15.3. The number of fused-ring (bicyclic) bond motifs is 2. The summed E-state index contributed by atoms with van der Waals surface area (Å²) in [5.41, 5.74) is 4.78. The van der Waals surface area contributed by atoms with Gasteiger partial charge >= 0.3 is 0 Å². The topological polar surface area (TPSA) is 91.7 Å². The van der Waals surface area contributed by atoms with Gasteiger partial charge in [-0.2, -0.15) is 0 Å². The molecule has 5 heterocycles. The molecule has 0 atom stereocenters. The highest BCUT2D eigenvalue weighted by Gasteiger charge is 2.23. The van der Waals surface area contributed by atoms with Crippen molar-refractivity contribution >= 4 is 33.8 Å². The van der Waals surface area contributed by atoms with Gasteiger partial charge in [0.05, 0.1) is 11.8 Å². The van der Waals surface area contributed by atoms with Gasteiger partial charge in [-0.25, -0.2) is 24.9 Å². The molecule has 1 N–H and O–H groups in total. The number of anilines is 2. The van der Waals surface area contributed by atoms with Gasteiger partial charge in [-0.1, -0.05) is 0 Å². The maximum Gasteiger partial charge on any atom is 0.182 e. The molecular weight excluding hydrogens is 330 g/mol. The largest absolute Gasteiger partial charge is 0.354 e. The van der Waals surface area contributed by atoms with E-state index in [9.17, 15) is 0 Å². The van der Waals surface area contributed by atoms with Gasteiger partial charge in [-0.3, -0.25) is 0 Å². The number of imidazole rings is 1. The Kier molecular flexibility index (Phi) is 3.27. The molecular formula is C17H19N9. The first kappa shape index (κ1) is 15.1. The number of aromatic amines is 1. The van der Waals surface area contributed by atoms with E-state index in [4.69, 9.17) is 0 Å². The normalized spacial score (nSPS) is 15.3. The van der Waals surface area contributed by atoms with Crippen molar-refractivity contribution in [2.24, 2.45) is 7.05 Å². The number of hydrogen-bond acceptors (Lipinski definition) is 7. The second-order valence-corrected chi connectivity index (χ2v) is 6.61. The van der Waals surface area contributed by atoms with Gasteiger partial charge in [0.1, 0.15) is 23.7 Å². The minimum atomic E-state index is 0.735. The van der Waals surface area contributed by atoms with Crippen LogP contribution in [0.15, 0.2) is 25.0 Å². The Morgan fingerprint density at radius 2 is 1.58 bits per heavy atom. The third-order valence-electron chi connectivity index (χ3n) is 4.90. The Bertz CT molecular complexity index is 1090. The van der Waals surface area contributed by atoms with Gasteiger partial charge in [0.15, 0.2) is 17.3 Å². The molecule has 0 aromatic carbocycles. The zero-order valence-electron chi connectivity index (χ0n) is 14.7. The molecule has 132 valence electrons. The Morgan fingerprint density at radius 1 is 0.885 bits per heavy atom. The van der Waals surface area contributed by atoms with Gasteiger partial charge in [-0.05, 0) is 13.0 Å². The molecule has 4 aromatic rings. The van der Waals surface area contributed by atoms with E-state index in [1.165, 1.54) is 0 Å². The van der Waals surface area contributed by atoms with Crippen LogP contribution < -0.4 is 9.80 Å². The Morgan fingerprint density at radius 3 is 2.38 bits per heavy atom. The van der Waals surface area contributed by atoms with Crippen LogP contribution in [0.2, 0.25) is 0 Å². The standard InChI is InChI=1S/C17H19N9/c1-11-7-12-13(23-11)16(20-8-18-12)25-3-5-26(6-4-25)17-14-15(19-9-21-17)22-10-24(14)2/h7-10,23H,3-6H2,1-2H3. The van der Waals surface area contributed by atoms with Crippen LogP contribution in [-0.4, -0.2) is 60.6 Å². The van der Waals surface area contributed by atoms with E-state index < -0.39 is 0 Å². The fourth-order valence-electron chi connectivity index (χ4n) is 3.63. The van der Waals surface area contributed by atoms with E-state index in [-0.39, 0.29) is 0 Å². The lowest BCUT2D eigenvalue weighted by Gasteiger charge is -2.36. The van der Waals surface area contributed by atoms with Crippen molar-refractivity contribution < 1.29 is 0 Å². The maximum absolute atomic E-state index is 4.52. The fraction of sp³-hybridized carbons (Fsp3) is 0.353. The first-order valence-corrected chi connectivity index (χ1v) is 8.63. The average molecular weight is 349 g/mol. The summed E-state index contributed by atoms with van der Waals surface area (Å²) in [7, 11) is 1.98. The summed E-state index contributed by atoms with van der Waals surface area (Å²) in [4.78, 5) is 30.0. The van der Waals surface area contributed by atoms with Crippen molar-refractivity contribution in [3.8, 4) is 0 Å². The first-order chi connectivity index (χ1) is 12.7. The molecule has 0 saturated carbocycles. The van der Waals surface area contributed by atoms with E-state index in [2.05, 4.69) is 45.8 Å². The van der Waals surface area contributed by atoms with Gasteiger partial charge in [0.2, 0.25) is 0 Å². The van der Waals surface area contributed by atoms with E-state index in [0.29, 0.717) is 0 Å². The number of nitrogens with one attached hydrogen (secondary N) is 1. The van der Waals surface area contributed by atoms with Crippen LogP contribution >= 0.6 is 0 Å². The van der Waals surface area contributed by atoms with Gasteiger partial charge in [0, 0.05) is 38.9 Å². The van der Waals surface area contributed by atoms with Crippen LogP contribution in [-0.2, 0) is 7.05 Å². The molecule has 26 heavy (non-hydrogen) atoms. The van der Waals surface area contributed by atoms with E-state index in [0.717, 1.165) is 65.7 Å². The van der Waals surface area contributed by atoms with Crippen LogP contribution in [0, 0.1) is 6.92 Å². The number of aryl methyl sites for hydroxylation is 2. The Balaban J connectivity index is 1.43. The second-order valence-electron chi connectivity index (χ2n) is 6.61. The molecule has 9 heteroatoms. The van der Waals surface area contributed by atoms with Gasteiger partial charge in [0.25, 0.3) is 0 Å². The number of piperazine rings is 1. The summed E-state index contributed by atoms with van der Waals surface area (Å²) >= 11 is 0. The predicted molar refractivity (Wildman–Crippen MR) is 99.4 cm³/mol. The molecule has 4 aromatic heterocycles. The number of nitrogens with zero attached hydrogens (tertiary/aromatic N) is 8. The van der Waals surface area contributed by atoms with Crippen LogP contribution in [0.3, 0.4) is 0 Å². The van der Waals surface area contributed by atoms with Crippen molar-refractivity contribution in [3.63, 3.8) is 0 Å². The lowest BCUT2D eigenvalue weighted by molar-refractivity contribution is 0.643. The number of H-pyrrole nitrogens is 1. The van der Waals surface area contributed by atoms with Crippen molar-refractivity contribution in [2.75, 3.05) is 36.0 Å². The predicted octanol–water partition coefficient (Wildman–Crippen LogP) is 1.27. The van der Waals surface area contributed by atoms with Crippen molar-refractivity contribution in [1.29, 1.82) is 0 Å². The monoisotopic (exact) mass is 349 g/mol. The maximum atomic E-state index is 4.52. The average Bonchev–Trinajstić information content (AvgIpc) is 3.23. The summed E-state index contributed by atoms with van der Waals surface area (Å²) in [6.07, 6.45) is 5.01. The number of hydrogen-bond donors (Lipinski definition) is 1. The molecule has 0 aliphatic carbocycles. The zero-order chi connectivity index (χ0) is 17.7. The highest BCUT2D eigenvalue weighted by molar-refractivity contribution is 5.87. The first-order valence-electron chi connectivity index (χ1n) is 8.63. The summed E-state index contributed by atoms with van der Waals surface area (Å²) in [6.45, 7) is 5.50. The minimum Gasteiger partial charge on any atom is -0.354 e. The van der Waals surface area contributed by atoms with Crippen molar-refractivity contribution in [3.05, 3.63) is 30.7 Å². The molecule has 9 nitrogen and oxygen atoms in total. The lowest BCUT2D eigenvalue weighted by Crippen LogP contribution is -2.47. The number of rotatable bonds is 2. The highest BCUT2D eigenvalue weighted by Crippen LogP contribution is 2.26. The van der Waals surface area contributed by atoms with Crippen molar-refractivity contribution in [1.82, 2.24) is 34.5 Å². The number of aromatic nitrogens is 7. The molecule has 5 rings (SSSR count). The lowest BCUT2D eigenvalue weighted by atomic mass is 10.3. The van der Waals surface area contributed by atoms with Crippen LogP contribution in [0.5, 0.6) is 0 Å². The molecule has 1 fully saturated rings. The Hall–Kier alpha value is -3.23. The third kappa shape index (κ3) is 2.27. The summed E-state index contributed by atoms with van der Waals surface area (Å²) in [5.74, 6) is 1.91. The molecule has 0 bridgehead atoms. The molecule has 0 unspecified atom stereocenters. The van der Waals surface area contributed by atoms with Crippen molar-refractivity contribution in [2.45, 2.75) is 6.92 Å². The van der Waals surface area contributed by atoms with Gasteiger partial charge in [-0.15, -0.1) is 0 Å². The molecule has 1 saturated heterocycles. The summed E-state index contributed by atoms with van der Waals surface area (Å²) < 4.78 is 1.98. The summed E-state index contributed by atoms with van der Waals surface area (Å²) in [6, 6.07) is 2.05. The quantitative estimate of drug-likeness (QED) is 0.582. The van der Waals surface area contributed by atoms with Gasteiger partial charge < -0.3 is 19.4 Å². The molecule has 0 amide bonds. The molecule has 1 aliphatic heterocycles. The zero-order valence-corrected chi connectivity index (χ0v) is 14.7. The molecule has 1 aliphatic rings. The second kappa shape index (κ2) is 5.65. The van der Waals surface area contributed by atoms with E-state index in [1.54, 1.807) is 19.0 Å².